The average molecular weight is 574 g/mol. The van der Waals surface area contributed by atoms with Crippen molar-refractivity contribution < 1.29 is 19.0 Å². The van der Waals surface area contributed by atoms with E-state index in [9.17, 15) is 9.59 Å². The summed E-state index contributed by atoms with van der Waals surface area (Å²) in [6.45, 7) is 5.20. The molecular formula is C26H28BrN3O5S. The fraction of sp³-hybridized carbons (Fsp3) is 0.346. The first kappa shape index (κ1) is 26.0. The van der Waals surface area contributed by atoms with Gasteiger partial charge in [-0.1, -0.05) is 19.4 Å². The maximum absolute atomic E-state index is 13.6. The van der Waals surface area contributed by atoms with Crippen molar-refractivity contribution in [2.45, 2.75) is 39.8 Å². The molecule has 0 aliphatic heterocycles. The summed E-state index contributed by atoms with van der Waals surface area (Å²) in [5.74, 6) is 0.258. The highest BCUT2D eigenvalue weighted by molar-refractivity contribution is 9.10. The smallest absolute Gasteiger partial charge is 0.343 e. The maximum atomic E-state index is 13.6. The maximum Gasteiger partial charge on any atom is 0.343 e. The standard InChI is InChI=1S/C26H28BrN3O5S/c1-4-6-10-35-23-22(26(32)34-5-2)24-20(9-11-36-24)30(25(23)31)16-18-13-28-29(15-18)14-17-7-8-19(27)21(12-17)33-3/h7-9,11-13,15H,4-6,10,14,16H2,1-3H3. The fourth-order valence-electron chi connectivity index (χ4n) is 3.89. The van der Waals surface area contributed by atoms with Crippen LogP contribution in [0.1, 0.15) is 48.2 Å². The highest BCUT2D eigenvalue weighted by Crippen LogP contribution is 2.31. The zero-order valence-electron chi connectivity index (χ0n) is 20.5. The molecule has 190 valence electrons. The lowest BCUT2D eigenvalue weighted by molar-refractivity contribution is 0.0523. The first-order chi connectivity index (χ1) is 17.5. The van der Waals surface area contributed by atoms with Gasteiger partial charge in [-0.3, -0.25) is 14.0 Å². The van der Waals surface area contributed by atoms with E-state index in [0.29, 0.717) is 29.9 Å². The minimum Gasteiger partial charge on any atom is -0.496 e. The minimum atomic E-state index is -0.543. The van der Waals surface area contributed by atoms with Gasteiger partial charge in [0.05, 0.1) is 54.3 Å². The molecule has 10 heteroatoms. The van der Waals surface area contributed by atoms with Crippen LogP contribution in [0.25, 0.3) is 10.2 Å². The molecule has 3 heterocycles. The van der Waals surface area contributed by atoms with Crippen LogP contribution in [-0.2, 0) is 17.8 Å². The Balaban J connectivity index is 1.68. The molecule has 0 N–H and O–H groups in total. The average Bonchev–Trinajstić information content (AvgIpc) is 3.52. The summed E-state index contributed by atoms with van der Waals surface area (Å²) in [6, 6.07) is 7.75. The second-order valence-electron chi connectivity index (χ2n) is 8.17. The van der Waals surface area contributed by atoms with Gasteiger partial charge >= 0.3 is 5.97 Å². The molecule has 0 saturated carbocycles. The van der Waals surface area contributed by atoms with Crippen molar-refractivity contribution in [1.82, 2.24) is 14.3 Å². The number of esters is 1. The molecule has 0 aliphatic rings. The number of halogens is 1. The number of benzene rings is 1. The number of methoxy groups -OCH3 is 1. The van der Waals surface area contributed by atoms with Gasteiger partial charge < -0.3 is 14.2 Å². The van der Waals surface area contributed by atoms with E-state index in [1.165, 1.54) is 11.3 Å². The van der Waals surface area contributed by atoms with Crippen LogP contribution in [-0.4, -0.2) is 40.6 Å². The first-order valence-electron chi connectivity index (χ1n) is 11.7. The van der Waals surface area contributed by atoms with E-state index >= 15 is 0 Å². The van der Waals surface area contributed by atoms with Gasteiger partial charge in [-0.2, -0.15) is 5.10 Å². The minimum absolute atomic E-state index is 0.0474. The van der Waals surface area contributed by atoms with Gasteiger partial charge in [0.15, 0.2) is 0 Å². The monoisotopic (exact) mass is 573 g/mol. The van der Waals surface area contributed by atoms with Crippen molar-refractivity contribution in [2.75, 3.05) is 20.3 Å². The third-order valence-corrected chi connectivity index (χ3v) is 7.22. The lowest BCUT2D eigenvalue weighted by Crippen LogP contribution is -2.26. The van der Waals surface area contributed by atoms with E-state index in [-0.39, 0.29) is 23.5 Å². The summed E-state index contributed by atoms with van der Waals surface area (Å²) in [5.41, 5.74) is 2.41. The third-order valence-electron chi connectivity index (χ3n) is 5.64. The molecule has 0 unspecified atom stereocenters. The van der Waals surface area contributed by atoms with E-state index in [0.717, 1.165) is 34.2 Å². The topological polar surface area (TPSA) is 84.6 Å². The molecule has 4 aromatic rings. The van der Waals surface area contributed by atoms with Crippen molar-refractivity contribution in [3.63, 3.8) is 0 Å². The van der Waals surface area contributed by atoms with Crippen molar-refractivity contribution in [1.29, 1.82) is 0 Å². The van der Waals surface area contributed by atoms with Crippen molar-refractivity contribution in [2.24, 2.45) is 0 Å². The quantitative estimate of drug-likeness (QED) is 0.174. The zero-order valence-corrected chi connectivity index (χ0v) is 22.9. The van der Waals surface area contributed by atoms with Crippen LogP contribution < -0.4 is 15.0 Å². The predicted octanol–water partition coefficient (Wildman–Crippen LogP) is 5.48. The van der Waals surface area contributed by atoms with Gasteiger partial charge in [0.25, 0.3) is 5.56 Å². The van der Waals surface area contributed by atoms with E-state index < -0.39 is 5.97 Å². The molecule has 0 amide bonds. The molecule has 8 nitrogen and oxygen atoms in total. The molecular weight excluding hydrogens is 546 g/mol. The summed E-state index contributed by atoms with van der Waals surface area (Å²) < 4.78 is 21.5. The Kier molecular flexibility index (Phi) is 8.48. The molecule has 0 spiro atoms. The molecule has 0 fully saturated rings. The Morgan fingerprint density at radius 1 is 1.17 bits per heavy atom. The van der Waals surface area contributed by atoms with E-state index in [2.05, 4.69) is 21.0 Å². The first-order valence-corrected chi connectivity index (χ1v) is 13.4. The van der Waals surface area contributed by atoms with E-state index in [1.54, 1.807) is 24.8 Å². The number of unbranched alkanes of at least 4 members (excludes halogenated alkanes) is 1. The number of hydrogen-bond acceptors (Lipinski definition) is 7. The largest absolute Gasteiger partial charge is 0.496 e. The molecule has 0 bridgehead atoms. The second kappa shape index (κ2) is 11.7. The third kappa shape index (κ3) is 5.49. The lowest BCUT2D eigenvalue weighted by Gasteiger charge is -2.15. The normalized spacial score (nSPS) is 11.1. The Morgan fingerprint density at radius 2 is 2.00 bits per heavy atom. The van der Waals surface area contributed by atoms with Crippen molar-refractivity contribution in [3.8, 4) is 11.5 Å². The SMILES string of the molecule is CCCCOc1c(C(=O)OCC)c2sccc2n(Cc2cnn(Cc3ccc(Br)c(OC)c3)c2)c1=O. The van der Waals surface area contributed by atoms with Crippen LogP contribution in [0, 0.1) is 0 Å². The molecule has 1 aromatic carbocycles. The number of aromatic nitrogens is 3. The van der Waals surface area contributed by atoms with Gasteiger partial charge in [0, 0.05) is 11.8 Å². The second-order valence-corrected chi connectivity index (χ2v) is 9.94. The number of nitrogens with zero attached hydrogens (tertiary/aromatic N) is 3. The summed E-state index contributed by atoms with van der Waals surface area (Å²) in [4.78, 5) is 26.4. The van der Waals surface area contributed by atoms with Gasteiger partial charge in [-0.15, -0.1) is 11.3 Å². The van der Waals surface area contributed by atoms with Crippen molar-refractivity contribution in [3.05, 3.63) is 73.6 Å². The van der Waals surface area contributed by atoms with Crippen LogP contribution in [0.3, 0.4) is 0 Å². The Labute approximate surface area is 221 Å². The number of thiophene rings is 1. The molecule has 0 aliphatic carbocycles. The van der Waals surface area contributed by atoms with Crippen LogP contribution in [0.5, 0.6) is 11.5 Å². The Morgan fingerprint density at radius 3 is 2.75 bits per heavy atom. The molecule has 3 aromatic heterocycles. The number of hydrogen-bond donors (Lipinski definition) is 0. The fourth-order valence-corrected chi connectivity index (χ4v) is 5.22. The molecule has 0 saturated heterocycles. The van der Waals surface area contributed by atoms with Gasteiger partial charge in [-0.05, 0) is 58.4 Å². The molecule has 4 rings (SSSR count). The Hall–Kier alpha value is -3.11. The van der Waals surface area contributed by atoms with Crippen LogP contribution in [0.2, 0.25) is 0 Å². The van der Waals surface area contributed by atoms with Gasteiger partial charge in [0.1, 0.15) is 11.3 Å². The van der Waals surface area contributed by atoms with Gasteiger partial charge in [-0.25, -0.2) is 4.79 Å². The Bertz CT molecular complexity index is 1420. The van der Waals surface area contributed by atoms with Crippen LogP contribution >= 0.6 is 27.3 Å². The molecule has 0 radical (unpaired) electrons. The number of pyridine rings is 1. The van der Waals surface area contributed by atoms with E-state index in [1.807, 2.05) is 47.4 Å². The highest BCUT2D eigenvalue weighted by Gasteiger charge is 2.25. The lowest BCUT2D eigenvalue weighted by atomic mass is 10.2. The molecule has 36 heavy (non-hydrogen) atoms. The number of carbonyl (C=O) groups is 1. The summed E-state index contributed by atoms with van der Waals surface area (Å²) >= 11 is 4.86. The number of ether oxygens (including phenoxy) is 3. The predicted molar refractivity (Wildman–Crippen MR) is 144 cm³/mol. The zero-order chi connectivity index (χ0) is 25.7. The van der Waals surface area contributed by atoms with Crippen molar-refractivity contribution >= 4 is 43.5 Å². The van der Waals surface area contributed by atoms with Gasteiger partial charge in [0.2, 0.25) is 5.75 Å². The highest BCUT2D eigenvalue weighted by atomic mass is 79.9. The summed E-state index contributed by atoms with van der Waals surface area (Å²) in [5, 5.41) is 6.35. The van der Waals surface area contributed by atoms with E-state index in [4.69, 9.17) is 14.2 Å². The summed E-state index contributed by atoms with van der Waals surface area (Å²) in [6.07, 6.45) is 5.35. The number of carbonyl (C=O) groups excluding carboxylic acids is 1. The molecule has 0 atom stereocenters. The van der Waals surface area contributed by atoms with Crippen LogP contribution in [0.15, 0.2) is 51.3 Å². The summed E-state index contributed by atoms with van der Waals surface area (Å²) in [7, 11) is 1.63. The number of rotatable bonds is 11. The van der Waals surface area contributed by atoms with Crippen LogP contribution in [0.4, 0.5) is 0 Å². The number of fused-ring (bicyclic) bond motifs is 1.